The molecule has 0 aliphatic carbocycles. The molecule has 0 radical (unpaired) electrons. The van der Waals surface area contributed by atoms with E-state index >= 15 is 0 Å². The summed E-state index contributed by atoms with van der Waals surface area (Å²) in [7, 11) is 1.75. The fourth-order valence-electron chi connectivity index (χ4n) is 3.43. The van der Waals surface area contributed by atoms with Crippen LogP contribution in [0.5, 0.6) is 5.75 Å². The molecule has 2 aliphatic rings. The molecule has 3 nitrogen and oxygen atoms in total. The third-order valence-electron chi connectivity index (χ3n) is 4.64. The quantitative estimate of drug-likeness (QED) is 0.839. The van der Waals surface area contributed by atoms with Crippen molar-refractivity contribution in [3.63, 3.8) is 0 Å². The van der Waals surface area contributed by atoms with Crippen LogP contribution in [0.1, 0.15) is 31.2 Å². The van der Waals surface area contributed by atoms with E-state index in [9.17, 15) is 0 Å². The summed E-state index contributed by atoms with van der Waals surface area (Å²) in [6, 6.07) is 6.54. The minimum absolute atomic E-state index is 0.980. The Morgan fingerprint density at radius 1 is 1.00 bits per heavy atom. The molecule has 0 unspecified atom stereocenters. The Bertz CT molecular complexity index is 441. The van der Waals surface area contributed by atoms with E-state index in [1.165, 1.54) is 69.5 Å². The van der Waals surface area contributed by atoms with Crippen LogP contribution in [0.2, 0.25) is 0 Å². The number of aryl methyl sites for hydroxylation is 1. The van der Waals surface area contributed by atoms with Gasteiger partial charge in [0.25, 0.3) is 0 Å². The van der Waals surface area contributed by atoms with E-state index in [0.29, 0.717) is 0 Å². The maximum Gasteiger partial charge on any atom is 0.120 e. The van der Waals surface area contributed by atoms with Crippen molar-refractivity contribution in [1.29, 1.82) is 0 Å². The predicted molar refractivity (Wildman–Crippen MR) is 83.8 cm³/mol. The molecule has 20 heavy (non-hydrogen) atoms. The highest BCUT2D eigenvalue weighted by Crippen LogP contribution is 2.30. The van der Waals surface area contributed by atoms with Crippen LogP contribution >= 0.6 is 0 Å². The lowest BCUT2D eigenvalue weighted by atomic mass is 10.0. The number of hydrogen-bond donors (Lipinski definition) is 0. The molecule has 0 spiro atoms. The van der Waals surface area contributed by atoms with Crippen molar-refractivity contribution < 1.29 is 4.74 Å². The van der Waals surface area contributed by atoms with Gasteiger partial charge in [0.1, 0.15) is 5.75 Å². The highest BCUT2D eigenvalue weighted by molar-refractivity contribution is 5.58. The number of anilines is 1. The second-order valence-electron chi connectivity index (χ2n) is 5.99. The van der Waals surface area contributed by atoms with Crippen molar-refractivity contribution in [3.8, 4) is 5.75 Å². The summed E-state index contributed by atoms with van der Waals surface area (Å²) < 4.78 is 5.39. The largest absolute Gasteiger partial charge is 0.497 e. The van der Waals surface area contributed by atoms with Gasteiger partial charge in [0.15, 0.2) is 0 Å². The fourth-order valence-corrected chi connectivity index (χ4v) is 3.43. The van der Waals surface area contributed by atoms with E-state index < -0.39 is 0 Å². The first-order valence-corrected chi connectivity index (χ1v) is 8.01. The van der Waals surface area contributed by atoms with Crippen molar-refractivity contribution >= 4 is 5.69 Å². The molecule has 0 aromatic heterocycles. The predicted octanol–water partition coefficient (Wildman–Crippen LogP) is 2.93. The van der Waals surface area contributed by atoms with Crippen molar-refractivity contribution in [1.82, 2.24) is 4.90 Å². The number of piperidine rings is 1. The fraction of sp³-hybridized carbons (Fsp3) is 0.647. The minimum atomic E-state index is 0.980. The molecular weight excluding hydrogens is 248 g/mol. The zero-order valence-electron chi connectivity index (χ0n) is 12.6. The number of nitrogens with zero attached hydrogens (tertiary/aromatic N) is 2. The smallest absolute Gasteiger partial charge is 0.120 e. The van der Waals surface area contributed by atoms with Gasteiger partial charge in [-0.05, 0) is 50.4 Å². The van der Waals surface area contributed by atoms with Crippen molar-refractivity contribution in [3.05, 3.63) is 23.8 Å². The summed E-state index contributed by atoms with van der Waals surface area (Å²) in [6.45, 7) is 6.13. The summed E-state index contributed by atoms with van der Waals surface area (Å²) >= 11 is 0. The molecular formula is C17H26N2O. The molecule has 0 atom stereocenters. The molecule has 0 amide bonds. The Kier molecular flexibility index (Phi) is 4.46. The summed E-state index contributed by atoms with van der Waals surface area (Å²) in [5, 5.41) is 0. The molecule has 3 rings (SSSR count). The first-order valence-electron chi connectivity index (χ1n) is 8.01. The Morgan fingerprint density at radius 3 is 2.65 bits per heavy atom. The van der Waals surface area contributed by atoms with Gasteiger partial charge in [0, 0.05) is 31.4 Å². The summed E-state index contributed by atoms with van der Waals surface area (Å²) in [5.41, 5.74) is 2.88. The summed E-state index contributed by atoms with van der Waals surface area (Å²) in [4.78, 5) is 5.17. The van der Waals surface area contributed by atoms with Gasteiger partial charge >= 0.3 is 0 Å². The second kappa shape index (κ2) is 6.49. The van der Waals surface area contributed by atoms with Crippen LogP contribution in [0.4, 0.5) is 5.69 Å². The van der Waals surface area contributed by atoms with Crippen LogP contribution in [-0.2, 0) is 6.42 Å². The van der Waals surface area contributed by atoms with Gasteiger partial charge in [-0.25, -0.2) is 0 Å². The second-order valence-corrected chi connectivity index (χ2v) is 5.99. The molecule has 1 aromatic rings. The lowest BCUT2D eigenvalue weighted by Gasteiger charge is -2.34. The first-order chi connectivity index (χ1) is 9.86. The van der Waals surface area contributed by atoms with Crippen molar-refractivity contribution in [2.24, 2.45) is 0 Å². The summed E-state index contributed by atoms with van der Waals surface area (Å²) in [5.74, 6) is 0.980. The third-order valence-corrected chi connectivity index (χ3v) is 4.64. The van der Waals surface area contributed by atoms with Gasteiger partial charge in [0.05, 0.1) is 7.11 Å². The molecule has 1 fully saturated rings. The van der Waals surface area contributed by atoms with Crippen LogP contribution in [0.3, 0.4) is 0 Å². The van der Waals surface area contributed by atoms with E-state index in [1.807, 2.05) is 0 Å². The average Bonchev–Trinajstić information content (AvgIpc) is 2.53. The van der Waals surface area contributed by atoms with E-state index in [1.54, 1.807) is 7.11 Å². The Labute approximate surface area is 122 Å². The zero-order valence-corrected chi connectivity index (χ0v) is 12.6. The van der Waals surface area contributed by atoms with Gasteiger partial charge in [-0.3, -0.25) is 0 Å². The number of hydrogen-bond acceptors (Lipinski definition) is 3. The monoisotopic (exact) mass is 274 g/mol. The standard InChI is InChI=1S/C17H26N2O/c1-20-16-8-7-15-6-5-11-19(17(15)14-16)13-12-18-9-3-2-4-10-18/h7-8,14H,2-6,9-13H2,1H3. The normalized spacial score (nSPS) is 19.8. The SMILES string of the molecule is COc1ccc2c(c1)N(CCN1CCCCC1)CCC2. The van der Waals surface area contributed by atoms with E-state index in [4.69, 9.17) is 4.74 Å². The van der Waals surface area contributed by atoms with Crippen molar-refractivity contribution in [2.45, 2.75) is 32.1 Å². The van der Waals surface area contributed by atoms with Crippen LogP contribution < -0.4 is 9.64 Å². The maximum atomic E-state index is 5.39. The van der Waals surface area contributed by atoms with E-state index in [0.717, 1.165) is 12.3 Å². The van der Waals surface area contributed by atoms with Crippen LogP contribution in [0, 0.1) is 0 Å². The first kappa shape index (κ1) is 13.7. The number of rotatable bonds is 4. The third kappa shape index (κ3) is 3.09. The highest BCUT2D eigenvalue weighted by atomic mass is 16.5. The molecule has 3 heteroatoms. The van der Waals surface area contributed by atoms with Crippen LogP contribution in [0.15, 0.2) is 18.2 Å². The van der Waals surface area contributed by atoms with E-state index in [2.05, 4.69) is 28.0 Å². The number of fused-ring (bicyclic) bond motifs is 1. The summed E-state index contributed by atoms with van der Waals surface area (Å²) in [6.07, 6.45) is 6.66. The van der Waals surface area contributed by atoms with Crippen molar-refractivity contribution in [2.75, 3.05) is 44.7 Å². The molecule has 0 saturated carbocycles. The highest BCUT2D eigenvalue weighted by Gasteiger charge is 2.18. The van der Waals surface area contributed by atoms with Gasteiger partial charge in [-0.2, -0.15) is 0 Å². The molecule has 2 heterocycles. The Morgan fingerprint density at radius 2 is 1.85 bits per heavy atom. The Hall–Kier alpha value is -1.22. The number of methoxy groups -OCH3 is 1. The molecule has 110 valence electrons. The maximum absolute atomic E-state index is 5.39. The number of benzene rings is 1. The molecule has 1 aromatic carbocycles. The lowest BCUT2D eigenvalue weighted by molar-refractivity contribution is 0.233. The lowest BCUT2D eigenvalue weighted by Crippen LogP contribution is -2.39. The number of ether oxygens (including phenoxy) is 1. The van der Waals surface area contributed by atoms with Crippen LogP contribution in [0.25, 0.3) is 0 Å². The molecule has 2 aliphatic heterocycles. The average molecular weight is 274 g/mol. The van der Waals surface area contributed by atoms with Gasteiger partial charge in [-0.1, -0.05) is 12.5 Å². The molecule has 0 bridgehead atoms. The topological polar surface area (TPSA) is 15.7 Å². The zero-order chi connectivity index (χ0) is 13.8. The van der Waals surface area contributed by atoms with Crippen LogP contribution in [-0.4, -0.2) is 44.7 Å². The van der Waals surface area contributed by atoms with Gasteiger partial charge in [-0.15, -0.1) is 0 Å². The minimum Gasteiger partial charge on any atom is -0.497 e. The molecule has 1 saturated heterocycles. The Balaban J connectivity index is 1.65. The number of likely N-dealkylation sites (tertiary alicyclic amines) is 1. The molecule has 0 N–H and O–H groups in total. The van der Waals surface area contributed by atoms with Gasteiger partial charge < -0.3 is 14.5 Å². The van der Waals surface area contributed by atoms with Gasteiger partial charge in [0.2, 0.25) is 0 Å². The van der Waals surface area contributed by atoms with E-state index in [-0.39, 0.29) is 0 Å².